The van der Waals surface area contributed by atoms with Crippen LogP contribution in [-0.4, -0.2) is 39.2 Å². The Kier molecular flexibility index (Phi) is 8.61. The number of benzene rings is 1. The average molecular weight is 414 g/mol. The highest BCUT2D eigenvalue weighted by Gasteiger charge is 2.35. The van der Waals surface area contributed by atoms with E-state index < -0.39 is 14.6 Å². The molecule has 0 aromatic heterocycles. The molecule has 0 saturated carbocycles. The minimum absolute atomic E-state index is 0. The van der Waals surface area contributed by atoms with Crippen LogP contribution in [0, 0.1) is 0 Å². The summed E-state index contributed by atoms with van der Waals surface area (Å²) >= 11 is 3.28. The Hall–Kier alpha value is -0.630. The summed E-state index contributed by atoms with van der Waals surface area (Å²) in [4.78, 5) is 11.9. The molecule has 0 saturated heterocycles. The van der Waals surface area contributed by atoms with Crippen molar-refractivity contribution < 1.29 is 13.2 Å². The van der Waals surface area contributed by atoms with E-state index in [-0.39, 0.29) is 29.8 Å². The van der Waals surface area contributed by atoms with Crippen molar-refractivity contribution >= 4 is 44.1 Å². The van der Waals surface area contributed by atoms with E-state index in [0.717, 1.165) is 4.47 Å². The fourth-order valence-electron chi connectivity index (χ4n) is 1.67. The van der Waals surface area contributed by atoms with Gasteiger partial charge in [-0.2, -0.15) is 0 Å². The van der Waals surface area contributed by atoms with E-state index >= 15 is 0 Å². The predicted octanol–water partition coefficient (Wildman–Crippen LogP) is 2.15. The molecular weight excluding hydrogens is 392 g/mol. The van der Waals surface area contributed by atoms with Crippen LogP contribution in [-0.2, 0) is 14.6 Å². The monoisotopic (exact) mass is 412 g/mol. The molecule has 8 heteroatoms. The molecule has 126 valence electrons. The minimum Gasteiger partial charge on any atom is -0.354 e. The van der Waals surface area contributed by atoms with E-state index in [1.807, 2.05) is 0 Å². The number of halogens is 2. The summed E-state index contributed by atoms with van der Waals surface area (Å²) in [5, 5.41) is 5.55. The Morgan fingerprint density at radius 3 is 2.27 bits per heavy atom. The van der Waals surface area contributed by atoms with Gasteiger partial charge in [-0.05, 0) is 45.2 Å². The van der Waals surface area contributed by atoms with Crippen LogP contribution < -0.4 is 10.6 Å². The molecule has 0 aliphatic carbocycles. The molecule has 1 aromatic carbocycles. The zero-order chi connectivity index (χ0) is 16.1. The van der Waals surface area contributed by atoms with Gasteiger partial charge in [0.25, 0.3) is 0 Å². The number of nitrogens with one attached hydrogen (secondary N) is 2. The summed E-state index contributed by atoms with van der Waals surface area (Å²) in [5.74, 6) is -0.163. The molecule has 1 amide bonds. The molecular formula is C14H22BrClN2O3S. The van der Waals surface area contributed by atoms with Gasteiger partial charge in [-0.1, -0.05) is 15.9 Å². The van der Waals surface area contributed by atoms with E-state index in [4.69, 9.17) is 0 Å². The number of carbonyl (C=O) groups is 1. The van der Waals surface area contributed by atoms with Crippen LogP contribution in [0.5, 0.6) is 0 Å². The first-order valence-electron chi connectivity index (χ1n) is 6.62. The summed E-state index contributed by atoms with van der Waals surface area (Å²) in [6, 6.07) is 6.50. The Morgan fingerprint density at radius 1 is 1.23 bits per heavy atom. The molecule has 2 N–H and O–H groups in total. The first-order chi connectivity index (χ1) is 9.70. The third-order valence-corrected chi connectivity index (χ3v) is 6.19. The Bertz CT molecular complexity index is 589. The minimum atomic E-state index is -3.52. The number of amides is 1. The van der Waals surface area contributed by atoms with Crippen molar-refractivity contribution in [2.24, 2.45) is 0 Å². The molecule has 5 nitrogen and oxygen atoms in total. The van der Waals surface area contributed by atoms with Gasteiger partial charge >= 0.3 is 0 Å². The lowest BCUT2D eigenvalue weighted by Gasteiger charge is -2.25. The molecule has 0 aliphatic heterocycles. The molecule has 0 spiro atoms. The molecule has 0 fully saturated rings. The van der Waals surface area contributed by atoms with Gasteiger partial charge in [0.15, 0.2) is 9.84 Å². The van der Waals surface area contributed by atoms with Gasteiger partial charge in [-0.15, -0.1) is 12.4 Å². The van der Waals surface area contributed by atoms with Crippen molar-refractivity contribution in [3.63, 3.8) is 0 Å². The van der Waals surface area contributed by atoms with Crippen molar-refractivity contribution in [3.05, 3.63) is 28.7 Å². The van der Waals surface area contributed by atoms with Crippen LogP contribution in [0.4, 0.5) is 0 Å². The summed E-state index contributed by atoms with van der Waals surface area (Å²) in [5.41, 5.74) is 0. The molecule has 0 heterocycles. The molecule has 0 unspecified atom stereocenters. The van der Waals surface area contributed by atoms with Gasteiger partial charge in [0.05, 0.1) is 9.64 Å². The van der Waals surface area contributed by atoms with Crippen LogP contribution in [0.1, 0.15) is 20.3 Å². The number of hydrogen-bond donors (Lipinski definition) is 2. The second kappa shape index (κ2) is 8.86. The van der Waals surface area contributed by atoms with Gasteiger partial charge in [-0.25, -0.2) is 8.42 Å². The van der Waals surface area contributed by atoms with Crippen molar-refractivity contribution in [2.45, 2.75) is 29.9 Å². The average Bonchev–Trinajstić information content (AvgIpc) is 2.43. The van der Waals surface area contributed by atoms with Crippen LogP contribution >= 0.6 is 28.3 Å². The Morgan fingerprint density at radius 2 is 1.77 bits per heavy atom. The molecule has 1 rings (SSSR count). The summed E-state index contributed by atoms with van der Waals surface area (Å²) in [6.07, 6.45) is 0.324. The Balaban J connectivity index is 0.00000441. The largest absolute Gasteiger partial charge is 0.354 e. The zero-order valence-corrected chi connectivity index (χ0v) is 16.1. The number of carbonyl (C=O) groups excluding carboxylic acids is 1. The van der Waals surface area contributed by atoms with E-state index in [0.29, 0.717) is 13.0 Å². The lowest BCUT2D eigenvalue weighted by molar-refractivity contribution is -0.121. The maximum absolute atomic E-state index is 12.6. The summed E-state index contributed by atoms with van der Waals surface area (Å²) < 4.78 is 25.0. The van der Waals surface area contributed by atoms with E-state index in [1.54, 1.807) is 45.2 Å². The van der Waals surface area contributed by atoms with Gasteiger partial charge in [0, 0.05) is 24.0 Å². The van der Waals surface area contributed by atoms with Crippen LogP contribution in [0.25, 0.3) is 0 Å². The molecule has 0 radical (unpaired) electrons. The van der Waals surface area contributed by atoms with Gasteiger partial charge in [0.2, 0.25) is 5.91 Å². The van der Waals surface area contributed by atoms with Crippen molar-refractivity contribution in [3.8, 4) is 0 Å². The second-order valence-corrected chi connectivity index (χ2v) is 8.85. The zero-order valence-electron chi connectivity index (χ0n) is 12.8. The smallest absolute Gasteiger partial charge is 0.221 e. The highest BCUT2D eigenvalue weighted by Crippen LogP contribution is 2.26. The number of rotatable bonds is 7. The summed E-state index contributed by atoms with van der Waals surface area (Å²) in [7, 11) is -1.76. The Labute approximate surface area is 146 Å². The lowest BCUT2D eigenvalue weighted by atomic mass is 10.2. The molecule has 0 bridgehead atoms. The van der Waals surface area contributed by atoms with Gasteiger partial charge < -0.3 is 10.6 Å². The number of sulfone groups is 1. The van der Waals surface area contributed by atoms with Crippen molar-refractivity contribution in [1.29, 1.82) is 0 Å². The van der Waals surface area contributed by atoms with Gasteiger partial charge in [-0.3, -0.25) is 4.79 Å². The fourth-order valence-corrected chi connectivity index (χ4v) is 3.33. The first kappa shape index (κ1) is 21.4. The normalized spacial score (nSPS) is 11.6. The quantitative estimate of drug-likeness (QED) is 0.718. The topological polar surface area (TPSA) is 75.3 Å². The van der Waals surface area contributed by atoms with E-state index in [2.05, 4.69) is 26.6 Å². The first-order valence-corrected chi connectivity index (χ1v) is 8.90. The van der Waals surface area contributed by atoms with E-state index in [1.165, 1.54) is 0 Å². The third kappa shape index (κ3) is 5.53. The van der Waals surface area contributed by atoms with Crippen molar-refractivity contribution in [2.75, 3.05) is 20.1 Å². The molecule has 0 aliphatic rings. The molecule has 1 aromatic rings. The van der Waals surface area contributed by atoms with E-state index in [9.17, 15) is 13.2 Å². The predicted molar refractivity (Wildman–Crippen MR) is 94.2 cm³/mol. The summed E-state index contributed by atoms with van der Waals surface area (Å²) in [6.45, 7) is 3.87. The van der Waals surface area contributed by atoms with Crippen LogP contribution in [0.15, 0.2) is 33.6 Å². The number of hydrogen-bond acceptors (Lipinski definition) is 4. The third-order valence-electron chi connectivity index (χ3n) is 3.16. The maximum Gasteiger partial charge on any atom is 0.221 e. The maximum atomic E-state index is 12.6. The van der Waals surface area contributed by atoms with Crippen molar-refractivity contribution in [1.82, 2.24) is 10.6 Å². The van der Waals surface area contributed by atoms with Crippen LogP contribution in [0.3, 0.4) is 0 Å². The SMILES string of the molecule is CNCCC(=O)NCC(C)(C)S(=O)(=O)c1ccc(Br)cc1.Cl. The van der Waals surface area contributed by atoms with Crippen LogP contribution in [0.2, 0.25) is 0 Å². The highest BCUT2D eigenvalue weighted by atomic mass is 79.9. The molecule has 0 atom stereocenters. The highest BCUT2D eigenvalue weighted by molar-refractivity contribution is 9.10. The molecule has 22 heavy (non-hydrogen) atoms. The van der Waals surface area contributed by atoms with Gasteiger partial charge in [0.1, 0.15) is 0 Å². The fraction of sp³-hybridized carbons (Fsp3) is 0.500. The second-order valence-electron chi connectivity index (χ2n) is 5.35. The lowest BCUT2D eigenvalue weighted by Crippen LogP contribution is -2.44. The standard InChI is InChI=1S/C14H21BrN2O3S.ClH/c1-14(2,10-17-13(18)8-9-16-3)21(19,20)12-6-4-11(15)5-7-12;/h4-7,16H,8-10H2,1-3H3,(H,17,18);1H.